The number of likely N-dealkylation sites (N-methyl/N-ethyl adjacent to an activating group) is 1. The molecule has 3 rings (SSSR count). The number of thiazole rings is 1. The molecule has 1 aromatic heterocycles. The molecule has 30 heavy (non-hydrogen) atoms. The fourth-order valence-electron chi connectivity index (χ4n) is 2.90. The van der Waals surface area contributed by atoms with Gasteiger partial charge in [-0.2, -0.15) is 0 Å². The van der Waals surface area contributed by atoms with Crippen LogP contribution in [0, 0.1) is 0 Å². The smallest absolute Gasteiger partial charge is 0.260 e. The van der Waals surface area contributed by atoms with Crippen molar-refractivity contribution in [2.75, 3.05) is 53.4 Å². The topological polar surface area (TPSA) is 64.1 Å². The third-order valence-corrected chi connectivity index (χ3v) is 5.51. The second-order valence-corrected chi connectivity index (χ2v) is 7.64. The molecule has 3 aromatic rings. The van der Waals surface area contributed by atoms with E-state index in [0.717, 1.165) is 10.2 Å². The molecule has 0 unspecified atom stereocenters. The molecular weight excluding hydrogens is 426 g/mol. The summed E-state index contributed by atoms with van der Waals surface area (Å²) < 4.78 is 17.0. The van der Waals surface area contributed by atoms with E-state index in [1.165, 1.54) is 11.3 Å². The van der Waals surface area contributed by atoms with Crippen LogP contribution in [0.1, 0.15) is 10.4 Å². The molecule has 0 atom stereocenters. The summed E-state index contributed by atoms with van der Waals surface area (Å²) in [6.45, 7) is 1.20. The number of rotatable bonds is 8. The van der Waals surface area contributed by atoms with Crippen molar-refractivity contribution >= 4 is 45.0 Å². The molecule has 0 saturated carbocycles. The van der Waals surface area contributed by atoms with Crippen LogP contribution < -0.4 is 19.1 Å². The molecule has 0 saturated heterocycles. The fraction of sp³-hybridized carbons (Fsp3) is 0.333. The summed E-state index contributed by atoms with van der Waals surface area (Å²) in [6, 6.07) is 10.9. The lowest BCUT2D eigenvalue weighted by atomic mass is 10.1. The zero-order valence-electron chi connectivity index (χ0n) is 17.7. The maximum absolute atomic E-state index is 13.4. The zero-order chi connectivity index (χ0) is 21.0. The van der Waals surface area contributed by atoms with Crippen LogP contribution in [-0.4, -0.2) is 64.3 Å². The van der Waals surface area contributed by atoms with Gasteiger partial charge in [-0.15, -0.1) is 12.4 Å². The standard InChI is InChI=1S/C21H25N3O4S.ClH/c1-23(2)11-12-24(20(25)14-9-10-15(26-3)17(13-14)28-5)21-22-19-16(27-4)7-6-8-18(19)29-21;/h6-10,13H,11-12H2,1-5H3;1H. The van der Waals surface area contributed by atoms with Crippen LogP contribution >= 0.6 is 23.7 Å². The van der Waals surface area contributed by atoms with E-state index < -0.39 is 0 Å². The highest BCUT2D eigenvalue weighted by molar-refractivity contribution is 7.22. The van der Waals surface area contributed by atoms with Crippen molar-refractivity contribution in [1.29, 1.82) is 0 Å². The number of amides is 1. The fourth-order valence-corrected chi connectivity index (χ4v) is 3.91. The molecule has 9 heteroatoms. The monoisotopic (exact) mass is 451 g/mol. The van der Waals surface area contributed by atoms with Gasteiger partial charge in [-0.25, -0.2) is 4.98 Å². The van der Waals surface area contributed by atoms with Gasteiger partial charge in [-0.3, -0.25) is 9.69 Å². The molecule has 0 spiro atoms. The number of para-hydroxylation sites is 1. The first kappa shape index (κ1) is 23.7. The summed E-state index contributed by atoms with van der Waals surface area (Å²) in [4.78, 5) is 21.8. The summed E-state index contributed by atoms with van der Waals surface area (Å²) in [6.07, 6.45) is 0. The van der Waals surface area contributed by atoms with E-state index in [0.29, 0.717) is 41.0 Å². The van der Waals surface area contributed by atoms with Crippen LogP contribution in [0.4, 0.5) is 5.13 Å². The first-order valence-corrected chi connectivity index (χ1v) is 9.92. The number of hydrogen-bond donors (Lipinski definition) is 0. The average Bonchev–Trinajstić information content (AvgIpc) is 3.16. The summed E-state index contributed by atoms with van der Waals surface area (Å²) in [7, 11) is 8.68. The van der Waals surface area contributed by atoms with Crippen molar-refractivity contribution in [3.05, 3.63) is 42.0 Å². The van der Waals surface area contributed by atoms with Crippen LogP contribution in [0.15, 0.2) is 36.4 Å². The average molecular weight is 452 g/mol. The van der Waals surface area contributed by atoms with Crippen LogP contribution in [0.5, 0.6) is 17.2 Å². The van der Waals surface area contributed by atoms with E-state index in [2.05, 4.69) is 0 Å². The van der Waals surface area contributed by atoms with Crippen LogP contribution in [0.25, 0.3) is 10.2 Å². The number of anilines is 1. The summed E-state index contributed by atoms with van der Waals surface area (Å²) in [5, 5.41) is 0.631. The molecule has 0 bridgehead atoms. The third kappa shape index (κ3) is 4.95. The van der Waals surface area contributed by atoms with E-state index in [1.54, 1.807) is 44.4 Å². The lowest BCUT2D eigenvalue weighted by Gasteiger charge is -2.22. The Hall–Kier alpha value is -2.55. The molecule has 0 fully saturated rings. The number of hydrogen-bond acceptors (Lipinski definition) is 7. The quantitative estimate of drug-likeness (QED) is 0.516. The zero-order valence-corrected chi connectivity index (χ0v) is 19.3. The van der Waals surface area contributed by atoms with Crippen LogP contribution in [0.3, 0.4) is 0 Å². The predicted octanol–water partition coefficient (Wildman–Crippen LogP) is 3.95. The van der Waals surface area contributed by atoms with Gasteiger partial charge >= 0.3 is 0 Å². The molecule has 0 aliphatic carbocycles. The molecule has 2 aromatic carbocycles. The van der Waals surface area contributed by atoms with Crippen molar-refractivity contribution in [3.8, 4) is 17.2 Å². The maximum Gasteiger partial charge on any atom is 0.260 e. The maximum atomic E-state index is 13.4. The van der Waals surface area contributed by atoms with Crippen LogP contribution in [-0.2, 0) is 0 Å². The number of carbonyl (C=O) groups is 1. The normalized spacial score (nSPS) is 10.6. The largest absolute Gasteiger partial charge is 0.494 e. The predicted molar refractivity (Wildman–Crippen MR) is 123 cm³/mol. The number of methoxy groups -OCH3 is 3. The van der Waals surface area contributed by atoms with Gasteiger partial charge in [0.05, 0.1) is 26.0 Å². The summed E-state index contributed by atoms with van der Waals surface area (Å²) in [5.74, 6) is 1.63. The number of fused-ring (bicyclic) bond motifs is 1. The van der Waals surface area contributed by atoms with E-state index in [4.69, 9.17) is 19.2 Å². The Bertz CT molecular complexity index is 1010. The first-order chi connectivity index (χ1) is 14.0. The van der Waals surface area contributed by atoms with E-state index >= 15 is 0 Å². The van der Waals surface area contributed by atoms with Crippen molar-refractivity contribution < 1.29 is 19.0 Å². The molecule has 0 N–H and O–H groups in total. The molecule has 1 heterocycles. The minimum absolute atomic E-state index is 0. The molecule has 0 aliphatic rings. The molecule has 0 radical (unpaired) electrons. The molecule has 162 valence electrons. The minimum Gasteiger partial charge on any atom is -0.494 e. The Kier molecular flexibility index (Phi) is 8.28. The number of ether oxygens (including phenoxy) is 3. The van der Waals surface area contributed by atoms with Gasteiger partial charge in [0.15, 0.2) is 16.6 Å². The minimum atomic E-state index is -0.147. The van der Waals surface area contributed by atoms with Gasteiger partial charge < -0.3 is 19.1 Å². The summed E-state index contributed by atoms with van der Waals surface area (Å²) in [5.41, 5.74) is 1.26. The van der Waals surface area contributed by atoms with Crippen LogP contribution in [0.2, 0.25) is 0 Å². The van der Waals surface area contributed by atoms with Crippen molar-refractivity contribution in [1.82, 2.24) is 9.88 Å². The number of benzene rings is 2. The number of aromatic nitrogens is 1. The number of halogens is 1. The highest BCUT2D eigenvalue weighted by Crippen LogP contribution is 2.35. The van der Waals surface area contributed by atoms with Gasteiger partial charge in [0.2, 0.25) is 0 Å². The Morgan fingerprint density at radius 2 is 1.67 bits per heavy atom. The highest BCUT2D eigenvalue weighted by atomic mass is 35.5. The van der Waals surface area contributed by atoms with Gasteiger partial charge in [0.25, 0.3) is 5.91 Å². The Balaban J connectivity index is 0.00000320. The van der Waals surface area contributed by atoms with Gasteiger partial charge in [0.1, 0.15) is 11.3 Å². The Morgan fingerprint density at radius 3 is 2.30 bits per heavy atom. The van der Waals surface area contributed by atoms with Crippen molar-refractivity contribution in [2.45, 2.75) is 0 Å². The van der Waals surface area contributed by atoms with Gasteiger partial charge in [-0.05, 0) is 44.4 Å². The van der Waals surface area contributed by atoms with E-state index in [1.807, 2.05) is 37.2 Å². The van der Waals surface area contributed by atoms with E-state index in [9.17, 15) is 4.79 Å². The Labute approximate surface area is 186 Å². The second kappa shape index (κ2) is 10.5. The molecule has 1 amide bonds. The first-order valence-electron chi connectivity index (χ1n) is 9.10. The number of nitrogens with zero attached hydrogens (tertiary/aromatic N) is 3. The Morgan fingerprint density at radius 1 is 0.967 bits per heavy atom. The number of carbonyl (C=O) groups excluding carboxylic acids is 1. The van der Waals surface area contributed by atoms with Crippen molar-refractivity contribution in [3.63, 3.8) is 0 Å². The lowest BCUT2D eigenvalue weighted by Crippen LogP contribution is -2.36. The SMILES string of the molecule is COc1ccc(C(=O)N(CCN(C)C)c2nc3c(OC)cccc3s2)cc1OC.Cl. The van der Waals surface area contributed by atoms with E-state index in [-0.39, 0.29) is 18.3 Å². The molecule has 7 nitrogen and oxygen atoms in total. The second-order valence-electron chi connectivity index (χ2n) is 6.63. The van der Waals surface area contributed by atoms with Gasteiger partial charge in [-0.1, -0.05) is 17.4 Å². The summed E-state index contributed by atoms with van der Waals surface area (Å²) >= 11 is 1.47. The highest BCUT2D eigenvalue weighted by Gasteiger charge is 2.23. The molecule has 0 aliphatic heterocycles. The molecular formula is C21H26ClN3O4S. The van der Waals surface area contributed by atoms with Gasteiger partial charge in [0, 0.05) is 18.7 Å². The lowest BCUT2D eigenvalue weighted by molar-refractivity contribution is 0.0985. The van der Waals surface area contributed by atoms with Crippen molar-refractivity contribution in [2.24, 2.45) is 0 Å². The third-order valence-electron chi connectivity index (χ3n) is 4.47.